The summed E-state index contributed by atoms with van der Waals surface area (Å²) in [6.45, 7) is 0. The van der Waals surface area contributed by atoms with Gasteiger partial charge in [-0.3, -0.25) is 9.89 Å². The van der Waals surface area contributed by atoms with Crippen LogP contribution in [0.1, 0.15) is 10.4 Å². The van der Waals surface area contributed by atoms with Gasteiger partial charge in [0.05, 0.1) is 28.1 Å². The zero-order chi connectivity index (χ0) is 22.9. The van der Waals surface area contributed by atoms with E-state index in [2.05, 4.69) is 25.5 Å². The maximum atomic E-state index is 13.2. The van der Waals surface area contributed by atoms with Crippen molar-refractivity contribution in [2.45, 2.75) is 0 Å². The molecule has 2 heterocycles. The van der Waals surface area contributed by atoms with Gasteiger partial charge in [-0.25, -0.2) is 14.4 Å². The van der Waals surface area contributed by atoms with Gasteiger partial charge in [0, 0.05) is 22.1 Å². The number of nitrogens with zero attached hydrogens (tertiary/aromatic N) is 3. The SMILES string of the molecule is Nc1nc(-c2ccccc2)c(-c2cc(Cl)c3[nH]ncc3c2)nc1NC(=O)c1ccc(F)cc1. The zero-order valence-electron chi connectivity index (χ0n) is 17.0. The molecule has 0 unspecified atom stereocenters. The molecule has 4 N–H and O–H groups in total. The summed E-state index contributed by atoms with van der Waals surface area (Å²) in [6.07, 6.45) is 1.66. The molecule has 1 amide bonds. The number of rotatable bonds is 4. The molecule has 162 valence electrons. The van der Waals surface area contributed by atoms with Gasteiger partial charge in [0.25, 0.3) is 5.91 Å². The van der Waals surface area contributed by atoms with Crippen molar-refractivity contribution in [3.63, 3.8) is 0 Å². The molecule has 0 radical (unpaired) electrons. The van der Waals surface area contributed by atoms with Crippen LogP contribution < -0.4 is 11.1 Å². The van der Waals surface area contributed by atoms with Gasteiger partial charge in [-0.05, 0) is 36.4 Å². The molecule has 9 heteroatoms. The molecule has 5 aromatic rings. The van der Waals surface area contributed by atoms with E-state index in [-0.39, 0.29) is 17.2 Å². The van der Waals surface area contributed by atoms with Gasteiger partial charge in [0.2, 0.25) is 0 Å². The van der Waals surface area contributed by atoms with Crippen LogP contribution in [0.25, 0.3) is 33.4 Å². The van der Waals surface area contributed by atoms with Crippen molar-refractivity contribution in [1.82, 2.24) is 20.2 Å². The van der Waals surface area contributed by atoms with E-state index in [1.165, 1.54) is 24.3 Å². The average Bonchev–Trinajstić information content (AvgIpc) is 3.30. The lowest BCUT2D eigenvalue weighted by atomic mass is 10.0. The van der Waals surface area contributed by atoms with Crippen LogP contribution in [0.4, 0.5) is 16.0 Å². The zero-order valence-corrected chi connectivity index (χ0v) is 17.8. The molecular formula is C24H16ClFN6O. The first-order valence-electron chi connectivity index (χ1n) is 9.92. The van der Waals surface area contributed by atoms with Gasteiger partial charge in [0.15, 0.2) is 11.6 Å². The number of benzene rings is 3. The number of anilines is 2. The number of nitrogens with two attached hydrogens (primary N) is 1. The number of nitrogen functional groups attached to an aromatic ring is 1. The number of amides is 1. The Bertz CT molecular complexity index is 1480. The minimum Gasteiger partial charge on any atom is -0.381 e. The van der Waals surface area contributed by atoms with E-state index in [1.807, 2.05) is 36.4 Å². The van der Waals surface area contributed by atoms with E-state index in [4.69, 9.17) is 17.3 Å². The molecule has 2 aromatic heterocycles. The summed E-state index contributed by atoms with van der Waals surface area (Å²) in [7, 11) is 0. The monoisotopic (exact) mass is 458 g/mol. The fourth-order valence-electron chi connectivity index (χ4n) is 3.47. The van der Waals surface area contributed by atoms with Crippen LogP contribution in [0, 0.1) is 5.82 Å². The standard InChI is InChI=1S/C24H16ClFN6O/c25-18-11-15(10-16-12-28-32-19(16)18)21-20(13-4-2-1-3-5-13)29-22(27)23(30-21)31-24(33)14-6-8-17(26)9-7-14/h1-12H,(H2,27,29)(H,28,32)(H,30,31,33). The molecule has 5 rings (SSSR count). The number of carbonyl (C=O) groups excluding carboxylic acids is 1. The molecule has 0 bridgehead atoms. The van der Waals surface area contributed by atoms with E-state index < -0.39 is 11.7 Å². The third-order valence-corrected chi connectivity index (χ3v) is 5.38. The highest BCUT2D eigenvalue weighted by molar-refractivity contribution is 6.35. The van der Waals surface area contributed by atoms with E-state index in [0.717, 1.165) is 10.9 Å². The Kier molecular flexibility index (Phi) is 5.20. The fourth-order valence-corrected chi connectivity index (χ4v) is 3.74. The maximum absolute atomic E-state index is 13.2. The molecule has 0 aliphatic carbocycles. The number of aromatic nitrogens is 4. The molecule has 0 saturated carbocycles. The molecule has 0 fully saturated rings. The summed E-state index contributed by atoms with van der Waals surface area (Å²) in [5, 5.41) is 10.8. The first-order chi connectivity index (χ1) is 16.0. The second-order valence-electron chi connectivity index (χ2n) is 7.27. The Morgan fingerprint density at radius 3 is 2.45 bits per heavy atom. The maximum Gasteiger partial charge on any atom is 0.256 e. The fraction of sp³-hybridized carbons (Fsp3) is 0. The van der Waals surface area contributed by atoms with Gasteiger partial charge < -0.3 is 11.1 Å². The van der Waals surface area contributed by atoms with Crippen molar-refractivity contribution in [3.8, 4) is 22.5 Å². The largest absolute Gasteiger partial charge is 0.381 e. The predicted octanol–water partition coefficient (Wildman–Crippen LogP) is 5.31. The summed E-state index contributed by atoms with van der Waals surface area (Å²) in [4.78, 5) is 21.9. The van der Waals surface area contributed by atoms with Crippen molar-refractivity contribution in [2.75, 3.05) is 11.1 Å². The Labute approximate surface area is 192 Å². The smallest absolute Gasteiger partial charge is 0.256 e. The second-order valence-corrected chi connectivity index (χ2v) is 7.68. The summed E-state index contributed by atoms with van der Waals surface area (Å²) in [5.41, 5.74) is 9.62. The van der Waals surface area contributed by atoms with Crippen LogP contribution in [0.15, 0.2) is 72.9 Å². The number of halogens is 2. The van der Waals surface area contributed by atoms with Gasteiger partial charge in [0.1, 0.15) is 5.82 Å². The molecule has 0 spiro atoms. The van der Waals surface area contributed by atoms with Crippen LogP contribution in [0.2, 0.25) is 5.02 Å². The number of nitrogens with one attached hydrogen (secondary N) is 2. The Morgan fingerprint density at radius 2 is 1.70 bits per heavy atom. The highest BCUT2D eigenvalue weighted by Gasteiger charge is 2.19. The van der Waals surface area contributed by atoms with E-state index >= 15 is 0 Å². The molecular weight excluding hydrogens is 443 g/mol. The summed E-state index contributed by atoms with van der Waals surface area (Å²) in [6, 6.07) is 18.2. The first-order valence-corrected chi connectivity index (χ1v) is 10.3. The third kappa shape index (κ3) is 3.99. The van der Waals surface area contributed by atoms with Crippen LogP contribution in [0.3, 0.4) is 0 Å². The van der Waals surface area contributed by atoms with Gasteiger partial charge in [-0.1, -0.05) is 41.9 Å². The number of fused-ring (bicyclic) bond motifs is 1. The Morgan fingerprint density at radius 1 is 0.970 bits per heavy atom. The molecule has 33 heavy (non-hydrogen) atoms. The molecule has 0 atom stereocenters. The van der Waals surface area contributed by atoms with Crippen molar-refractivity contribution in [2.24, 2.45) is 0 Å². The number of carbonyl (C=O) groups is 1. The summed E-state index contributed by atoms with van der Waals surface area (Å²) in [5.74, 6) is -0.796. The van der Waals surface area contributed by atoms with Crippen LogP contribution >= 0.6 is 11.6 Å². The van der Waals surface area contributed by atoms with Crippen molar-refractivity contribution in [3.05, 3.63) is 89.3 Å². The highest BCUT2D eigenvalue weighted by atomic mass is 35.5. The minimum atomic E-state index is -0.488. The Hall–Kier alpha value is -4.30. The molecule has 7 nitrogen and oxygen atoms in total. The van der Waals surface area contributed by atoms with Crippen LogP contribution in [-0.2, 0) is 0 Å². The van der Waals surface area contributed by atoms with Crippen LogP contribution in [-0.4, -0.2) is 26.1 Å². The summed E-state index contributed by atoms with van der Waals surface area (Å²) < 4.78 is 13.2. The van der Waals surface area contributed by atoms with Crippen molar-refractivity contribution in [1.29, 1.82) is 0 Å². The number of H-pyrrole nitrogens is 1. The van der Waals surface area contributed by atoms with E-state index in [1.54, 1.807) is 12.3 Å². The minimum absolute atomic E-state index is 0.0450. The number of hydrogen-bond donors (Lipinski definition) is 3. The van der Waals surface area contributed by atoms with Gasteiger partial charge >= 0.3 is 0 Å². The topological polar surface area (TPSA) is 110 Å². The first kappa shape index (κ1) is 20.6. The molecule has 3 aromatic carbocycles. The third-order valence-electron chi connectivity index (χ3n) is 5.08. The summed E-state index contributed by atoms with van der Waals surface area (Å²) >= 11 is 6.46. The molecule has 0 saturated heterocycles. The van der Waals surface area contributed by atoms with Gasteiger partial charge in [-0.15, -0.1) is 0 Å². The number of aromatic amines is 1. The second kappa shape index (κ2) is 8.33. The average molecular weight is 459 g/mol. The Balaban J connectivity index is 1.64. The number of hydrogen-bond acceptors (Lipinski definition) is 5. The molecule has 0 aliphatic rings. The quantitative estimate of drug-likeness (QED) is 0.338. The lowest BCUT2D eigenvalue weighted by Gasteiger charge is -2.14. The lowest BCUT2D eigenvalue weighted by molar-refractivity contribution is 0.102. The van der Waals surface area contributed by atoms with Gasteiger partial charge in [-0.2, -0.15) is 5.10 Å². The molecule has 0 aliphatic heterocycles. The highest BCUT2D eigenvalue weighted by Crippen LogP contribution is 2.35. The normalized spacial score (nSPS) is 11.0. The predicted molar refractivity (Wildman–Crippen MR) is 126 cm³/mol. The van der Waals surface area contributed by atoms with E-state index in [0.29, 0.717) is 27.5 Å². The van der Waals surface area contributed by atoms with E-state index in [9.17, 15) is 9.18 Å². The van der Waals surface area contributed by atoms with Crippen molar-refractivity contribution >= 4 is 40.0 Å². The lowest BCUT2D eigenvalue weighted by Crippen LogP contribution is -2.16. The van der Waals surface area contributed by atoms with Crippen molar-refractivity contribution < 1.29 is 9.18 Å². The van der Waals surface area contributed by atoms with Crippen LogP contribution in [0.5, 0.6) is 0 Å².